The smallest absolute Gasteiger partial charge is 0.101 e. The highest BCUT2D eigenvalue weighted by Crippen LogP contribution is 2.34. The number of hydrogen-bond donors (Lipinski definition) is 0. The maximum absolute atomic E-state index is 9.08. The molecule has 0 unspecified atom stereocenters. The molecular weight excluding hydrogens is 196 g/mol. The van der Waals surface area contributed by atoms with Crippen LogP contribution in [0.1, 0.15) is 5.56 Å². The summed E-state index contributed by atoms with van der Waals surface area (Å²) in [5.41, 5.74) is 4.74. The summed E-state index contributed by atoms with van der Waals surface area (Å²) >= 11 is 0. The molecule has 0 aromatic rings. The van der Waals surface area contributed by atoms with Crippen LogP contribution in [0.2, 0.25) is 0 Å². The molecule has 3 aliphatic rings. The van der Waals surface area contributed by atoms with Crippen LogP contribution in [0.4, 0.5) is 0 Å². The largest absolute Gasteiger partial charge is 0.255 e. The number of aromatic nitrogens is 1. The number of rotatable bonds is 0. The summed E-state index contributed by atoms with van der Waals surface area (Å²) in [5.74, 6) is 0. The van der Waals surface area contributed by atoms with Crippen LogP contribution in [0.3, 0.4) is 0 Å². The maximum Gasteiger partial charge on any atom is 0.101 e. The van der Waals surface area contributed by atoms with Crippen molar-refractivity contribution in [3.63, 3.8) is 0 Å². The normalized spacial score (nSPS) is 10.4. The van der Waals surface area contributed by atoms with E-state index in [2.05, 4.69) is 23.2 Å². The third kappa shape index (κ3) is 1.15. The summed E-state index contributed by atoms with van der Waals surface area (Å²) in [7, 11) is 0. The Morgan fingerprint density at radius 3 is 2.56 bits per heavy atom. The first kappa shape index (κ1) is 8.87. The fraction of sp³-hybridized carbons (Fsp3) is 0. The van der Waals surface area contributed by atoms with Crippen LogP contribution in [0.5, 0.6) is 0 Å². The van der Waals surface area contributed by atoms with E-state index in [4.69, 9.17) is 5.26 Å². The predicted molar refractivity (Wildman–Crippen MR) is 62.2 cm³/mol. The van der Waals surface area contributed by atoms with E-state index in [-0.39, 0.29) is 0 Å². The molecule has 0 aromatic heterocycles. The second-order valence-corrected chi connectivity index (χ2v) is 3.65. The SMILES string of the molecule is N#Cc1cccc2cccc-2c2ccnc1-2. The average Bonchev–Trinajstić information content (AvgIpc) is 2.89. The molecule has 0 fully saturated rings. The molecule has 0 amide bonds. The summed E-state index contributed by atoms with van der Waals surface area (Å²) < 4.78 is 0. The van der Waals surface area contributed by atoms with Gasteiger partial charge in [0.05, 0.1) is 11.3 Å². The molecule has 0 N–H and O–H groups in total. The molecule has 0 bridgehead atoms. The fourth-order valence-electron chi connectivity index (χ4n) is 2.01. The fourth-order valence-corrected chi connectivity index (χ4v) is 2.01. The quantitative estimate of drug-likeness (QED) is 0.564. The Morgan fingerprint density at radius 2 is 1.75 bits per heavy atom. The third-order valence-electron chi connectivity index (χ3n) is 2.75. The first-order chi connectivity index (χ1) is 7.90. The Kier molecular flexibility index (Phi) is 1.84. The van der Waals surface area contributed by atoms with Gasteiger partial charge in [0.2, 0.25) is 0 Å². The van der Waals surface area contributed by atoms with Gasteiger partial charge in [-0.15, -0.1) is 0 Å². The van der Waals surface area contributed by atoms with Crippen LogP contribution < -0.4 is 0 Å². The molecule has 74 valence electrons. The van der Waals surface area contributed by atoms with Gasteiger partial charge < -0.3 is 0 Å². The van der Waals surface area contributed by atoms with Crippen molar-refractivity contribution in [1.82, 2.24) is 4.98 Å². The lowest BCUT2D eigenvalue weighted by molar-refractivity contribution is 1.38. The highest BCUT2D eigenvalue weighted by Gasteiger charge is 2.13. The van der Waals surface area contributed by atoms with E-state index < -0.39 is 0 Å². The number of nitrogens with zero attached hydrogens (tertiary/aromatic N) is 2. The molecular formula is C14H8N2. The molecule has 2 aliphatic carbocycles. The van der Waals surface area contributed by atoms with Crippen molar-refractivity contribution >= 4 is 0 Å². The van der Waals surface area contributed by atoms with Gasteiger partial charge in [0.15, 0.2) is 0 Å². The third-order valence-corrected chi connectivity index (χ3v) is 2.75. The van der Waals surface area contributed by atoms with Crippen molar-refractivity contribution in [3.8, 4) is 28.5 Å². The molecule has 2 heteroatoms. The first-order valence-corrected chi connectivity index (χ1v) is 5.07. The predicted octanol–water partition coefficient (Wildman–Crippen LogP) is 3.16. The molecule has 16 heavy (non-hydrogen) atoms. The summed E-state index contributed by atoms with van der Waals surface area (Å²) in [6, 6.07) is 16.0. The van der Waals surface area contributed by atoms with Gasteiger partial charge in [-0.2, -0.15) is 5.26 Å². The van der Waals surface area contributed by atoms with Crippen molar-refractivity contribution in [1.29, 1.82) is 5.26 Å². The minimum atomic E-state index is 0.614. The van der Waals surface area contributed by atoms with Crippen LogP contribution in [-0.2, 0) is 0 Å². The zero-order chi connectivity index (χ0) is 11.0. The van der Waals surface area contributed by atoms with Gasteiger partial charge >= 0.3 is 0 Å². The van der Waals surface area contributed by atoms with E-state index in [9.17, 15) is 0 Å². The zero-order valence-corrected chi connectivity index (χ0v) is 8.51. The Morgan fingerprint density at radius 1 is 0.938 bits per heavy atom. The van der Waals surface area contributed by atoms with Gasteiger partial charge in [-0.3, -0.25) is 4.98 Å². The van der Waals surface area contributed by atoms with E-state index in [1.807, 2.05) is 30.3 Å². The standard InChI is InChI=1S/C14H8N2/c15-9-11-5-1-3-10-4-2-6-12(10)13-7-8-16-14(11)13/h1-8H. The van der Waals surface area contributed by atoms with E-state index in [1.165, 1.54) is 5.56 Å². The summed E-state index contributed by atoms with van der Waals surface area (Å²) in [5, 5.41) is 9.08. The van der Waals surface area contributed by atoms with Gasteiger partial charge in [0.25, 0.3) is 0 Å². The topological polar surface area (TPSA) is 36.7 Å². The second kappa shape index (κ2) is 3.32. The summed E-state index contributed by atoms with van der Waals surface area (Å²) in [4.78, 5) is 4.26. The highest BCUT2D eigenvalue weighted by molar-refractivity contribution is 5.85. The lowest BCUT2D eigenvalue weighted by atomic mass is 10.0. The van der Waals surface area contributed by atoms with E-state index >= 15 is 0 Å². The summed E-state index contributed by atoms with van der Waals surface area (Å²) in [6.07, 6.45) is 1.75. The molecule has 0 saturated carbocycles. The molecule has 0 atom stereocenters. The Hall–Kier alpha value is -2.40. The monoisotopic (exact) mass is 204 g/mol. The molecule has 3 rings (SSSR count). The zero-order valence-electron chi connectivity index (χ0n) is 8.51. The molecule has 0 spiro atoms. The van der Waals surface area contributed by atoms with E-state index in [0.717, 1.165) is 16.8 Å². The molecule has 2 nitrogen and oxygen atoms in total. The van der Waals surface area contributed by atoms with Gasteiger partial charge in [-0.05, 0) is 23.3 Å². The Labute approximate surface area is 93.5 Å². The van der Waals surface area contributed by atoms with Crippen molar-refractivity contribution in [3.05, 3.63) is 54.2 Å². The van der Waals surface area contributed by atoms with Crippen molar-refractivity contribution < 1.29 is 0 Å². The van der Waals surface area contributed by atoms with Gasteiger partial charge in [0, 0.05) is 11.8 Å². The average molecular weight is 204 g/mol. The van der Waals surface area contributed by atoms with Gasteiger partial charge in [-0.1, -0.05) is 30.3 Å². The maximum atomic E-state index is 9.08. The first-order valence-electron chi connectivity index (χ1n) is 5.07. The Balaban J connectivity index is 2.45. The van der Waals surface area contributed by atoms with E-state index in [1.54, 1.807) is 6.20 Å². The van der Waals surface area contributed by atoms with E-state index in [0.29, 0.717) is 5.56 Å². The number of hydrogen-bond acceptors (Lipinski definition) is 2. The lowest BCUT2D eigenvalue weighted by Crippen LogP contribution is -1.84. The van der Waals surface area contributed by atoms with Gasteiger partial charge in [-0.25, -0.2) is 0 Å². The minimum absolute atomic E-state index is 0.614. The molecule has 1 aliphatic heterocycles. The van der Waals surface area contributed by atoms with Crippen LogP contribution in [0.15, 0.2) is 48.7 Å². The van der Waals surface area contributed by atoms with Crippen molar-refractivity contribution in [2.24, 2.45) is 0 Å². The van der Waals surface area contributed by atoms with Crippen LogP contribution in [-0.4, -0.2) is 4.98 Å². The minimum Gasteiger partial charge on any atom is -0.255 e. The molecule has 1 heterocycles. The number of fused-ring (bicyclic) bond motifs is 3. The molecule has 0 saturated heterocycles. The molecule has 0 aromatic carbocycles. The second-order valence-electron chi connectivity index (χ2n) is 3.65. The van der Waals surface area contributed by atoms with Crippen LogP contribution in [0.25, 0.3) is 22.4 Å². The summed E-state index contributed by atoms with van der Waals surface area (Å²) in [6.45, 7) is 0. The van der Waals surface area contributed by atoms with Crippen molar-refractivity contribution in [2.75, 3.05) is 0 Å². The number of nitriles is 1. The van der Waals surface area contributed by atoms with Gasteiger partial charge in [0.1, 0.15) is 6.07 Å². The lowest BCUT2D eigenvalue weighted by Gasteiger charge is -2.03. The highest BCUT2D eigenvalue weighted by atomic mass is 14.7. The molecule has 0 radical (unpaired) electrons. The Bertz CT molecular complexity index is 637. The van der Waals surface area contributed by atoms with Crippen LogP contribution >= 0.6 is 0 Å². The van der Waals surface area contributed by atoms with Crippen molar-refractivity contribution in [2.45, 2.75) is 0 Å². The van der Waals surface area contributed by atoms with Crippen LogP contribution in [0, 0.1) is 11.3 Å².